The van der Waals surface area contributed by atoms with Crippen LogP contribution < -0.4 is 5.32 Å². The van der Waals surface area contributed by atoms with Crippen molar-refractivity contribution in [2.75, 3.05) is 5.32 Å². The van der Waals surface area contributed by atoms with Gasteiger partial charge in [-0.1, -0.05) is 41.4 Å². The number of hydrogen-bond acceptors (Lipinski definition) is 4. The van der Waals surface area contributed by atoms with E-state index in [1.54, 1.807) is 24.3 Å². The summed E-state index contributed by atoms with van der Waals surface area (Å²) in [5, 5.41) is 6.86. The molecule has 162 valence electrons. The number of rotatable bonds is 3. The van der Waals surface area contributed by atoms with Gasteiger partial charge in [0, 0.05) is 16.8 Å². The molecule has 0 aliphatic carbocycles. The van der Waals surface area contributed by atoms with Gasteiger partial charge in [0.05, 0.1) is 9.80 Å². The van der Waals surface area contributed by atoms with Crippen molar-refractivity contribution in [3.05, 3.63) is 87.0 Å². The van der Waals surface area contributed by atoms with E-state index < -0.39 is 27.7 Å². The van der Waals surface area contributed by atoms with E-state index in [2.05, 4.69) is 10.4 Å². The summed E-state index contributed by atoms with van der Waals surface area (Å²) < 4.78 is 68.2. The molecule has 1 aliphatic rings. The lowest BCUT2D eigenvalue weighted by Gasteiger charge is -2.30. The van der Waals surface area contributed by atoms with Crippen LogP contribution >= 0.6 is 11.6 Å². The van der Waals surface area contributed by atoms with Gasteiger partial charge in [-0.15, -0.1) is 0 Å². The number of halogens is 4. The first-order valence-electron chi connectivity index (χ1n) is 9.20. The van der Waals surface area contributed by atoms with Crippen molar-refractivity contribution in [2.24, 2.45) is 0 Å². The van der Waals surface area contributed by atoms with Crippen molar-refractivity contribution < 1.29 is 21.6 Å². The Morgan fingerprint density at radius 1 is 1.03 bits per heavy atom. The number of allylic oxidation sites excluding steroid dienone is 2. The van der Waals surface area contributed by atoms with Crippen LogP contribution in [0, 0.1) is 6.92 Å². The van der Waals surface area contributed by atoms with Crippen LogP contribution in [0.5, 0.6) is 0 Å². The number of nitrogens with one attached hydrogen (secondary N) is 1. The van der Waals surface area contributed by atoms with E-state index in [1.807, 2.05) is 6.92 Å². The molecule has 1 aromatic heterocycles. The Morgan fingerprint density at radius 2 is 1.65 bits per heavy atom. The first kappa shape index (κ1) is 21.5. The van der Waals surface area contributed by atoms with Crippen LogP contribution in [0.4, 0.5) is 19.0 Å². The summed E-state index contributed by atoms with van der Waals surface area (Å²) in [5.41, 5.74) is 0.543. The third kappa shape index (κ3) is 3.83. The summed E-state index contributed by atoms with van der Waals surface area (Å²) in [5.74, 6) is 0.0606. The van der Waals surface area contributed by atoms with Gasteiger partial charge in [-0.2, -0.15) is 18.3 Å². The number of aryl methyl sites for hydroxylation is 1. The Bertz CT molecular complexity index is 1280. The number of alkyl halides is 3. The van der Waals surface area contributed by atoms with Gasteiger partial charge in [0.15, 0.2) is 5.69 Å². The van der Waals surface area contributed by atoms with E-state index in [-0.39, 0.29) is 21.3 Å². The molecule has 10 heteroatoms. The third-order valence-corrected chi connectivity index (χ3v) is 7.26. The molecule has 0 amide bonds. The highest BCUT2D eigenvalue weighted by atomic mass is 35.5. The summed E-state index contributed by atoms with van der Waals surface area (Å²) in [6, 6.07) is 12.3. The molecule has 0 radical (unpaired) electrons. The number of fused-ring (bicyclic) bond motifs is 1. The van der Waals surface area contributed by atoms with E-state index in [1.165, 1.54) is 31.2 Å². The molecular weight excluding hydrogens is 451 g/mol. The summed E-state index contributed by atoms with van der Waals surface area (Å²) >= 11 is 5.89. The summed E-state index contributed by atoms with van der Waals surface area (Å²) in [6.45, 7) is 3.38. The van der Waals surface area contributed by atoms with Crippen LogP contribution in [0.3, 0.4) is 0 Å². The molecule has 0 saturated carbocycles. The maximum atomic E-state index is 13.6. The number of hydrogen-bond donors (Lipinski definition) is 1. The molecule has 2 heterocycles. The van der Waals surface area contributed by atoms with Crippen LogP contribution in [0.15, 0.2) is 70.1 Å². The molecule has 1 N–H and O–H groups in total. The lowest BCUT2D eigenvalue weighted by Crippen LogP contribution is -2.28. The minimum absolute atomic E-state index is 0.0168. The van der Waals surface area contributed by atoms with Gasteiger partial charge in [-0.25, -0.2) is 13.1 Å². The monoisotopic (exact) mass is 467 g/mol. The lowest BCUT2D eigenvalue weighted by molar-refractivity contribution is -0.141. The van der Waals surface area contributed by atoms with E-state index in [4.69, 9.17) is 11.6 Å². The number of anilines is 1. The van der Waals surface area contributed by atoms with E-state index in [0.717, 1.165) is 16.3 Å². The summed E-state index contributed by atoms with van der Waals surface area (Å²) in [6.07, 6.45) is -4.67. The molecule has 1 atom stereocenters. The smallest absolute Gasteiger partial charge is 0.343 e. The van der Waals surface area contributed by atoms with Gasteiger partial charge in [0.1, 0.15) is 11.9 Å². The molecule has 31 heavy (non-hydrogen) atoms. The number of benzene rings is 2. The molecule has 0 spiro atoms. The van der Waals surface area contributed by atoms with Crippen LogP contribution in [-0.2, 0) is 16.0 Å². The molecule has 0 fully saturated rings. The number of aromatic nitrogens is 2. The topological polar surface area (TPSA) is 64.0 Å². The summed E-state index contributed by atoms with van der Waals surface area (Å²) in [4.78, 5) is -0.0974. The van der Waals surface area contributed by atoms with Crippen molar-refractivity contribution >= 4 is 27.3 Å². The Morgan fingerprint density at radius 3 is 2.23 bits per heavy atom. The highest BCUT2D eigenvalue weighted by Crippen LogP contribution is 2.42. The van der Waals surface area contributed by atoms with Crippen molar-refractivity contribution in [2.45, 2.75) is 31.0 Å². The van der Waals surface area contributed by atoms with E-state index >= 15 is 0 Å². The van der Waals surface area contributed by atoms with Gasteiger partial charge in [0.25, 0.3) is 0 Å². The fourth-order valence-corrected chi connectivity index (χ4v) is 5.38. The minimum Gasteiger partial charge on any atom is -0.343 e. The van der Waals surface area contributed by atoms with Crippen LogP contribution in [0.2, 0.25) is 5.02 Å². The highest BCUT2D eigenvalue weighted by molar-refractivity contribution is 7.95. The molecule has 3 aromatic rings. The van der Waals surface area contributed by atoms with Crippen molar-refractivity contribution in [1.29, 1.82) is 0 Å². The largest absolute Gasteiger partial charge is 0.435 e. The van der Waals surface area contributed by atoms with Crippen LogP contribution in [0.1, 0.15) is 29.8 Å². The normalized spacial score (nSPS) is 16.8. The predicted molar refractivity (Wildman–Crippen MR) is 112 cm³/mol. The zero-order valence-electron chi connectivity index (χ0n) is 16.4. The molecule has 2 aromatic carbocycles. The van der Waals surface area contributed by atoms with E-state index in [9.17, 15) is 21.6 Å². The van der Waals surface area contributed by atoms with Crippen LogP contribution in [0.25, 0.3) is 0 Å². The molecule has 0 saturated heterocycles. The molecule has 1 aliphatic heterocycles. The molecule has 1 unspecified atom stereocenters. The van der Waals surface area contributed by atoms with Gasteiger partial charge < -0.3 is 5.32 Å². The number of nitrogens with zero attached hydrogens (tertiary/aromatic N) is 2. The average molecular weight is 468 g/mol. The Hall–Kier alpha value is -2.78. The fourth-order valence-electron chi connectivity index (χ4n) is 3.52. The SMILES string of the molecule is CC1=C(S(=O)(=O)c2ccc(Cl)cc2)C(c2ccc(C)cc2)n2nc(C(F)(F)F)cc2N1. The molecule has 5 nitrogen and oxygen atoms in total. The second-order valence-electron chi connectivity index (χ2n) is 7.24. The standard InChI is InChI=1S/C21H17ClF3N3O2S/c1-12-3-5-14(6-4-12)19-20(31(29,30)16-9-7-15(22)8-10-16)13(2)26-18-11-17(21(23,24)25)27-28(18)19/h3-11,19,26H,1-2H3. The predicted octanol–water partition coefficient (Wildman–Crippen LogP) is 5.58. The quantitative estimate of drug-likeness (QED) is 0.546. The zero-order chi connectivity index (χ0) is 22.6. The average Bonchev–Trinajstić information content (AvgIpc) is 3.12. The van der Waals surface area contributed by atoms with Crippen molar-refractivity contribution in [1.82, 2.24) is 9.78 Å². The fraction of sp³-hybridized carbons (Fsp3) is 0.190. The summed E-state index contributed by atoms with van der Waals surface area (Å²) in [7, 11) is -4.09. The van der Waals surface area contributed by atoms with Gasteiger partial charge in [0.2, 0.25) is 9.84 Å². The Kier molecular flexibility index (Phi) is 5.13. The van der Waals surface area contributed by atoms with Gasteiger partial charge in [-0.3, -0.25) is 0 Å². The second-order valence-corrected chi connectivity index (χ2v) is 9.60. The third-order valence-electron chi connectivity index (χ3n) is 5.01. The van der Waals surface area contributed by atoms with Gasteiger partial charge >= 0.3 is 6.18 Å². The van der Waals surface area contributed by atoms with Crippen molar-refractivity contribution in [3.8, 4) is 0 Å². The van der Waals surface area contributed by atoms with Crippen molar-refractivity contribution in [3.63, 3.8) is 0 Å². The Labute approximate surface area is 182 Å². The second kappa shape index (κ2) is 7.42. The molecule has 0 bridgehead atoms. The molecule has 4 rings (SSSR count). The lowest BCUT2D eigenvalue weighted by atomic mass is 10.0. The first-order valence-corrected chi connectivity index (χ1v) is 11.1. The zero-order valence-corrected chi connectivity index (χ0v) is 18.0. The van der Waals surface area contributed by atoms with Gasteiger partial charge in [-0.05, 0) is 43.7 Å². The minimum atomic E-state index is -4.67. The van der Waals surface area contributed by atoms with E-state index in [0.29, 0.717) is 10.6 Å². The maximum Gasteiger partial charge on any atom is 0.435 e. The highest BCUT2D eigenvalue weighted by Gasteiger charge is 2.41. The first-order chi connectivity index (χ1) is 14.5. The maximum absolute atomic E-state index is 13.6. The number of sulfone groups is 1. The Balaban J connectivity index is 1.95. The van der Waals surface area contributed by atoms with Crippen LogP contribution in [-0.4, -0.2) is 18.2 Å². The molecular formula is C21H17ClF3N3O2S.